The molecule has 44 heavy (non-hydrogen) atoms. The molecule has 0 radical (unpaired) electrons. The third-order valence-electron chi connectivity index (χ3n) is 8.74. The van der Waals surface area contributed by atoms with E-state index in [4.69, 9.17) is 9.97 Å². The van der Waals surface area contributed by atoms with Crippen molar-refractivity contribution in [1.29, 1.82) is 0 Å². The van der Waals surface area contributed by atoms with Crippen LogP contribution in [0.3, 0.4) is 0 Å². The van der Waals surface area contributed by atoms with Crippen LogP contribution in [0.1, 0.15) is 0 Å². The molecule has 0 aliphatic rings. The van der Waals surface area contributed by atoms with Crippen molar-refractivity contribution in [2.45, 2.75) is 0 Å². The highest BCUT2D eigenvalue weighted by Gasteiger charge is 2.13. The minimum atomic E-state index is 0.914. The second kappa shape index (κ2) is 9.82. The van der Waals surface area contributed by atoms with Crippen molar-refractivity contribution in [2.75, 3.05) is 0 Å². The lowest BCUT2D eigenvalue weighted by Crippen LogP contribution is -1.92. The van der Waals surface area contributed by atoms with Crippen LogP contribution in [0.4, 0.5) is 0 Å². The molecule has 0 atom stereocenters. The van der Waals surface area contributed by atoms with E-state index in [9.17, 15) is 0 Å². The molecule has 204 valence electrons. The lowest BCUT2D eigenvalue weighted by atomic mass is 9.95. The van der Waals surface area contributed by atoms with Gasteiger partial charge in [-0.1, -0.05) is 115 Å². The molecule has 3 heteroatoms. The fraction of sp³-hybridized carbons (Fsp3) is 0. The van der Waals surface area contributed by atoms with Crippen LogP contribution >= 0.6 is 0 Å². The summed E-state index contributed by atoms with van der Waals surface area (Å²) in [4.78, 5) is 14.8. The quantitative estimate of drug-likeness (QED) is 0.202. The van der Waals surface area contributed by atoms with Crippen LogP contribution in [0, 0.1) is 0 Å². The summed E-state index contributed by atoms with van der Waals surface area (Å²) < 4.78 is 0. The Balaban J connectivity index is 1.18. The summed E-state index contributed by atoms with van der Waals surface area (Å²) in [6.45, 7) is 0. The smallest absolute Gasteiger partial charge is 0.0972 e. The molecule has 0 aliphatic carbocycles. The van der Waals surface area contributed by atoms with Gasteiger partial charge < -0.3 is 0 Å². The van der Waals surface area contributed by atoms with Gasteiger partial charge in [-0.3, -0.25) is 4.98 Å². The molecule has 0 saturated heterocycles. The van der Waals surface area contributed by atoms with E-state index in [1.807, 2.05) is 12.4 Å². The van der Waals surface area contributed by atoms with Crippen LogP contribution in [0.15, 0.2) is 152 Å². The monoisotopic (exact) mass is 559 g/mol. The Hall–Kier alpha value is -5.93. The van der Waals surface area contributed by atoms with Crippen LogP contribution in [-0.4, -0.2) is 15.0 Å². The van der Waals surface area contributed by atoms with Gasteiger partial charge in [0.05, 0.1) is 22.4 Å². The van der Waals surface area contributed by atoms with Gasteiger partial charge in [0.25, 0.3) is 0 Å². The molecule has 0 unspecified atom stereocenters. The second-order valence-electron chi connectivity index (χ2n) is 11.3. The summed E-state index contributed by atoms with van der Waals surface area (Å²) >= 11 is 0. The van der Waals surface area contributed by atoms with Gasteiger partial charge in [0.1, 0.15) is 0 Å². The molecule has 3 nitrogen and oxygen atoms in total. The number of pyridine rings is 3. The highest BCUT2D eigenvalue weighted by atomic mass is 14.8. The highest BCUT2D eigenvalue weighted by molar-refractivity contribution is 6.14. The van der Waals surface area contributed by atoms with Crippen molar-refractivity contribution in [1.82, 2.24) is 15.0 Å². The van der Waals surface area contributed by atoms with Gasteiger partial charge in [0.2, 0.25) is 0 Å². The first-order valence-electron chi connectivity index (χ1n) is 14.9. The molecule has 3 heterocycles. The number of hydrogen-bond acceptors (Lipinski definition) is 3. The normalized spacial score (nSPS) is 11.6. The molecule has 0 fully saturated rings. The first-order chi connectivity index (χ1) is 21.8. The molecule has 0 spiro atoms. The first kappa shape index (κ1) is 24.6. The standard InChI is InChI=1S/C41H25N3/c1-2-8-33-30(6-1)24-37(36-10-4-3-9-35(33)36)39-21-19-29-17-16-28-18-20-38(43-40(28)41(29)44-39)27-14-12-26(13-15-27)32-11-5-7-31-25-42-23-22-34(31)32/h1-25H. The predicted molar refractivity (Wildman–Crippen MR) is 184 cm³/mol. The fourth-order valence-electron chi connectivity index (χ4n) is 6.54. The number of benzene rings is 6. The molecule has 9 aromatic rings. The summed E-state index contributed by atoms with van der Waals surface area (Å²) in [5.41, 5.74) is 8.30. The Kier molecular flexibility index (Phi) is 5.50. The third kappa shape index (κ3) is 3.94. The Morgan fingerprint density at radius 3 is 1.82 bits per heavy atom. The van der Waals surface area contributed by atoms with Gasteiger partial charge in [-0.25, -0.2) is 9.97 Å². The maximum Gasteiger partial charge on any atom is 0.0972 e. The van der Waals surface area contributed by atoms with Gasteiger partial charge in [-0.05, 0) is 62.3 Å². The minimum Gasteiger partial charge on any atom is -0.264 e. The summed E-state index contributed by atoms with van der Waals surface area (Å²) in [5, 5.41) is 9.41. The van der Waals surface area contributed by atoms with Crippen molar-refractivity contribution < 1.29 is 0 Å². The van der Waals surface area contributed by atoms with E-state index < -0.39 is 0 Å². The molecule has 0 saturated carbocycles. The SMILES string of the molecule is c1cc(-c2ccc(-c3ccc4ccc5ccc(-c6cc7ccccc7c7ccccc67)nc5c4n3)cc2)c2ccncc2c1. The summed E-state index contributed by atoms with van der Waals surface area (Å²) in [7, 11) is 0. The fourth-order valence-corrected chi connectivity index (χ4v) is 6.54. The lowest BCUT2D eigenvalue weighted by molar-refractivity contribution is 1.36. The Morgan fingerprint density at radius 2 is 1.00 bits per heavy atom. The molecule has 0 aliphatic heterocycles. The van der Waals surface area contributed by atoms with Crippen molar-refractivity contribution in [3.05, 3.63) is 152 Å². The van der Waals surface area contributed by atoms with Gasteiger partial charge in [0.15, 0.2) is 0 Å². The van der Waals surface area contributed by atoms with Crippen molar-refractivity contribution >= 4 is 54.1 Å². The molecule has 6 aromatic carbocycles. The number of rotatable bonds is 3. The van der Waals surface area contributed by atoms with Crippen molar-refractivity contribution in [2.24, 2.45) is 0 Å². The van der Waals surface area contributed by atoms with Crippen molar-refractivity contribution in [3.8, 4) is 33.6 Å². The molecule has 0 amide bonds. The predicted octanol–water partition coefficient (Wildman–Crippen LogP) is 10.6. The second-order valence-corrected chi connectivity index (χ2v) is 11.3. The van der Waals surface area contributed by atoms with Gasteiger partial charge in [0, 0.05) is 39.7 Å². The number of fused-ring (bicyclic) bond motifs is 7. The van der Waals surface area contributed by atoms with Crippen molar-refractivity contribution in [3.63, 3.8) is 0 Å². The molecule has 0 N–H and O–H groups in total. The van der Waals surface area contributed by atoms with E-state index in [0.717, 1.165) is 49.7 Å². The zero-order valence-electron chi connectivity index (χ0n) is 23.8. The van der Waals surface area contributed by atoms with E-state index >= 15 is 0 Å². The van der Waals surface area contributed by atoms with Gasteiger partial charge in [-0.15, -0.1) is 0 Å². The number of hydrogen-bond donors (Lipinski definition) is 0. The molecular weight excluding hydrogens is 534 g/mol. The zero-order valence-corrected chi connectivity index (χ0v) is 23.8. The maximum atomic E-state index is 5.28. The zero-order chi connectivity index (χ0) is 29.0. The summed E-state index contributed by atoms with van der Waals surface area (Å²) in [6, 6.07) is 49.4. The Labute approximate surface area is 254 Å². The third-order valence-corrected chi connectivity index (χ3v) is 8.74. The number of nitrogens with zero attached hydrogens (tertiary/aromatic N) is 3. The van der Waals surface area contributed by atoms with E-state index in [1.54, 1.807) is 0 Å². The average Bonchev–Trinajstić information content (AvgIpc) is 3.10. The molecule has 9 rings (SSSR count). The van der Waals surface area contributed by atoms with Crippen LogP contribution in [0.25, 0.3) is 87.8 Å². The Bertz CT molecular complexity index is 2540. The Morgan fingerprint density at radius 1 is 0.364 bits per heavy atom. The summed E-state index contributed by atoms with van der Waals surface area (Å²) in [5.74, 6) is 0. The molecular formula is C41H25N3. The highest BCUT2D eigenvalue weighted by Crippen LogP contribution is 2.36. The van der Waals surface area contributed by atoms with E-state index in [1.165, 1.54) is 38.1 Å². The van der Waals surface area contributed by atoms with Gasteiger partial charge in [-0.2, -0.15) is 0 Å². The van der Waals surface area contributed by atoms with Gasteiger partial charge >= 0.3 is 0 Å². The largest absolute Gasteiger partial charge is 0.264 e. The lowest BCUT2D eigenvalue weighted by Gasteiger charge is -2.12. The maximum absolute atomic E-state index is 5.28. The topological polar surface area (TPSA) is 38.7 Å². The van der Waals surface area contributed by atoms with E-state index in [-0.39, 0.29) is 0 Å². The molecule has 3 aromatic heterocycles. The summed E-state index contributed by atoms with van der Waals surface area (Å²) in [6.07, 6.45) is 3.77. The van der Waals surface area contributed by atoms with E-state index in [2.05, 4.69) is 145 Å². The van der Waals surface area contributed by atoms with E-state index in [0.29, 0.717) is 0 Å². The number of aromatic nitrogens is 3. The minimum absolute atomic E-state index is 0.914. The molecule has 0 bridgehead atoms. The van der Waals surface area contributed by atoms with Crippen LogP contribution in [0.2, 0.25) is 0 Å². The van der Waals surface area contributed by atoms with Crippen LogP contribution in [-0.2, 0) is 0 Å². The average molecular weight is 560 g/mol. The van der Waals surface area contributed by atoms with Crippen LogP contribution in [0.5, 0.6) is 0 Å². The van der Waals surface area contributed by atoms with Crippen LogP contribution < -0.4 is 0 Å². The first-order valence-corrected chi connectivity index (χ1v) is 14.9.